The third-order valence-electron chi connectivity index (χ3n) is 4.57. The molecule has 2 N–H and O–H groups in total. The highest BCUT2D eigenvalue weighted by molar-refractivity contribution is 7.11. The molecular weight excluding hydrogens is 374 g/mol. The molecule has 0 bridgehead atoms. The minimum Gasteiger partial charge on any atom is -0.510 e. The van der Waals surface area contributed by atoms with Crippen LogP contribution in [0, 0.1) is 5.41 Å². The summed E-state index contributed by atoms with van der Waals surface area (Å²) in [5.74, 6) is 1.88. The molecule has 0 fully saturated rings. The highest BCUT2D eigenvalue weighted by Gasteiger charge is 2.31. The summed E-state index contributed by atoms with van der Waals surface area (Å²) in [5.41, 5.74) is 3.00. The zero-order valence-corrected chi connectivity index (χ0v) is 16.3. The second kappa shape index (κ2) is 7.36. The molecule has 28 heavy (non-hydrogen) atoms. The average molecular weight is 393 g/mol. The first-order valence-corrected chi connectivity index (χ1v) is 9.51. The molecule has 0 saturated carbocycles. The topological polar surface area (TPSA) is 78.7 Å². The minimum absolute atomic E-state index is 0.146. The van der Waals surface area contributed by atoms with Gasteiger partial charge in [-0.05, 0) is 36.4 Å². The lowest BCUT2D eigenvalue weighted by Crippen LogP contribution is -2.25. The summed E-state index contributed by atoms with van der Waals surface area (Å²) in [4.78, 5) is 6.40. The van der Waals surface area contributed by atoms with E-state index in [4.69, 9.17) is 14.9 Å². The minimum atomic E-state index is 0.146. The number of rotatable bonds is 5. The van der Waals surface area contributed by atoms with Crippen molar-refractivity contribution in [3.05, 3.63) is 64.7 Å². The predicted octanol–water partition coefficient (Wildman–Crippen LogP) is 4.59. The summed E-state index contributed by atoms with van der Waals surface area (Å²) in [5, 5.41) is 21.6. The maximum atomic E-state index is 10.5. The van der Waals surface area contributed by atoms with E-state index in [0.717, 1.165) is 28.4 Å². The molecule has 142 valence electrons. The number of hydrogen-bond donors (Lipinski definition) is 2. The number of aliphatic hydroxyl groups excluding tert-OH is 1. The Labute approximate surface area is 166 Å². The van der Waals surface area contributed by atoms with Crippen molar-refractivity contribution in [2.45, 2.75) is 0 Å². The lowest BCUT2D eigenvalue weighted by Gasteiger charge is -2.18. The SMILES string of the molecule is COc1ccc(N2CC(O)=C(c3nc(-c4cccc(OC)c4)cs3)C2=N)cc1. The first kappa shape index (κ1) is 18.1. The Hall–Kier alpha value is -3.32. The Morgan fingerprint density at radius 2 is 1.82 bits per heavy atom. The van der Waals surface area contributed by atoms with Gasteiger partial charge in [0, 0.05) is 16.6 Å². The van der Waals surface area contributed by atoms with Gasteiger partial charge >= 0.3 is 0 Å². The Balaban J connectivity index is 1.61. The van der Waals surface area contributed by atoms with E-state index in [9.17, 15) is 5.11 Å². The number of amidine groups is 1. The van der Waals surface area contributed by atoms with E-state index in [1.54, 1.807) is 19.1 Å². The number of hydrogen-bond acceptors (Lipinski definition) is 6. The van der Waals surface area contributed by atoms with Crippen molar-refractivity contribution >= 4 is 28.4 Å². The van der Waals surface area contributed by atoms with Crippen molar-refractivity contribution in [1.29, 1.82) is 5.41 Å². The Bertz CT molecular complexity index is 1060. The normalized spacial score (nSPS) is 13.9. The molecule has 6 nitrogen and oxygen atoms in total. The highest BCUT2D eigenvalue weighted by Crippen LogP contribution is 2.35. The summed E-state index contributed by atoms with van der Waals surface area (Å²) in [7, 11) is 3.24. The van der Waals surface area contributed by atoms with Crippen LogP contribution in [-0.2, 0) is 0 Å². The van der Waals surface area contributed by atoms with Crippen LogP contribution in [-0.4, -0.2) is 36.7 Å². The first-order valence-electron chi connectivity index (χ1n) is 8.63. The molecule has 1 aromatic heterocycles. The third kappa shape index (κ3) is 3.20. The molecule has 1 aliphatic rings. The molecule has 2 heterocycles. The number of aromatic nitrogens is 1. The summed E-state index contributed by atoms with van der Waals surface area (Å²) < 4.78 is 10.5. The van der Waals surface area contributed by atoms with Crippen LogP contribution in [0.25, 0.3) is 16.8 Å². The second-order valence-corrected chi connectivity index (χ2v) is 7.08. The number of methoxy groups -OCH3 is 2. The molecule has 1 aliphatic heterocycles. The van der Waals surface area contributed by atoms with Gasteiger partial charge in [0.2, 0.25) is 0 Å². The summed E-state index contributed by atoms with van der Waals surface area (Å²) in [6.07, 6.45) is 0. The molecule has 0 saturated heterocycles. The van der Waals surface area contributed by atoms with Gasteiger partial charge in [-0.3, -0.25) is 5.41 Å². The number of thiazole rings is 1. The quantitative estimate of drug-likeness (QED) is 0.663. The standard InChI is InChI=1S/C21H19N3O3S/c1-26-15-8-6-14(7-9-15)24-11-18(25)19(20(24)22)21-23-17(12-28-21)13-4-3-5-16(10-13)27-2/h3-10,12,22,25H,11H2,1-2H3. The lowest BCUT2D eigenvalue weighted by atomic mass is 10.1. The highest BCUT2D eigenvalue weighted by atomic mass is 32.1. The fourth-order valence-electron chi connectivity index (χ4n) is 3.09. The monoisotopic (exact) mass is 393 g/mol. The van der Waals surface area contributed by atoms with Crippen molar-refractivity contribution < 1.29 is 14.6 Å². The smallest absolute Gasteiger partial charge is 0.139 e. The number of benzene rings is 2. The Morgan fingerprint density at radius 3 is 2.54 bits per heavy atom. The van der Waals surface area contributed by atoms with Crippen LogP contribution in [0.1, 0.15) is 5.01 Å². The fraction of sp³-hybridized carbons (Fsp3) is 0.143. The van der Waals surface area contributed by atoms with E-state index in [1.165, 1.54) is 11.3 Å². The van der Waals surface area contributed by atoms with Gasteiger partial charge in [-0.15, -0.1) is 11.3 Å². The van der Waals surface area contributed by atoms with E-state index >= 15 is 0 Å². The van der Waals surface area contributed by atoms with Gasteiger partial charge in [-0.2, -0.15) is 0 Å². The molecule has 0 radical (unpaired) electrons. The number of aliphatic hydroxyl groups is 1. The molecule has 0 spiro atoms. The molecule has 7 heteroatoms. The second-order valence-electron chi connectivity index (χ2n) is 6.22. The zero-order valence-electron chi connectivity index (χ0n) is 15.5. The van der Waals surface area contributed by atoms with Crippen LogP contribution in [0.15, 0.2) is 59.7 Å². The summed E-state index contributed by atoms with van der Waals surface area (Å²) >= 11 is 1.41. The Kier molecular flexibility index (Phi) is 4.75. The Morgan fingerprint density at radius 1 is 1.07 bits per heavy atom. The molecule has 0 atom stereocenters. The van der Waals surface area contributed by atoms with E-state index in [-0.39, 0.29) is 18.1 Å². The van der Waals surface area contributed by atoms with Crippen molar-refractivity contribution in [1.82, 2.24) is 4.98 Å². The van der Waals surface area contributed by atoms with E-state index in [2.05, 4.69) is 4.98 Å². The van der Waals surface area contributed by atoms with E-state index < -0.39 is 0 Å². The van der Waals surface area contributed by atoms with Gasteiger partial charge < -0.3 is 19.5 Å². The fourth-order valence-corrected chi connectivity index (χ4v) is 3.99. The van der Waals surface area contributed by atoms with Crippen molar-refractivity contribution in [2.75, 3.05) is 25.7 Å². The van der Waals surface area contributed by atoms with Gasteiger partial charge in [0.25, 0.3) is 0 Å². The van der Waals surface area contributed by atoms with Gasteiger partial charge in [0.05, 0.1) is 32.0 Å². The number of nitrogens with one attached hydrogen (secondary N) is 1. The lowest BCUT2D eigenvalue weighted by molar-refractivity contribution is 0.411. The van der Waals surface area contributed by atoms with Gasteiger partial charge in [-0.1, -0.05) is 12.1 Å². The summed E-state index contributed by atoms with van der Waals surface area (Å²) in [6.45, 7) is 0.245. The third-order valence-corrected chi connectivity index (χ3v) is 5.43. The molecule has 0 unspecified atom stereocenters. The predicted molar refractivity (Wildman–Crippen MR) is 112 cm³/mol. The maximum absolute atomic E-state index is 10.5. The molecule has 2 aromatic carbocycles. The van der Waals surface area contributed by atoms with Gasteiger partial charge in [0.15, 0.2) is 0 Å². The van der Waals surface area contributed by atoms with Gasteiger partial charge in [0.1, 0.15) is 28.1 Å². The summed E-state index contributed by atoms with van der Waals surface area (Å²) in [6, 6.07) is 15.1. The molecule has 0 aliphatic carbocycles. The van der Waals surface area contributed by atoms with Crippen molar-refractivity contribution in [2.24, 2.45) is 0 Å². The van der Waals surface area contributed by atoms with Crippen LogP contribution < -0.4 is 14.4 Å². The average Bonchev–Trinajstić information content (AvgIpc) is 3.32. The molecule has 4 rings (SSSR count). The number of ether oxygens (including phenoxy) is 2. The number of nitrogens with zero attached hydrogens (tertiary/aromatic N) is 2. The van der Waals surface area contributed by atoms with Crippen molar-refractivity contribution in [3.8, 4) is 22.8 Å². The van der Waals surface area contributed by atoms with Crippen LogP contribution in [0.2, 0.25) is 0 Å². The van der Waals surface area contributed by atoms with E-state index in [1.807, 2.05) is 53.9 Å². The maximum Gasteiger partial charge on any atom is 0.139 e. The molecule has 3 aromatic rings. The van der Waals surface area contributed by atoms with Gasteiger partial charge in [-0.25, -0.2) is 4.98 Å². The van der Waals surface area contributed by atoms with E-state index in [0.29, 0.717) is 10.6 Å². The zero-order chi connectivity index (χ0) is 19.7. The molecule has 0 amide bonds. The first-order chi connectivity index (χ1) is 13.6. The van der Waals surface area contributed by atoms with Crippen LogP contribution >= 0.6 is 11.3 Å². The van der Waals surface area contributed by atoms with Crippen molar-refractivity contribution in [3.63, 3.8) is 0 Å². The van der Waals surface area contributed by atoms with Crippen LogP contribution in [0.5, 0.6) is 11.5 Å². The molecular formula is C21H19N3O3S. The number of anilines is 1. The largest absolute Gasteiger partial charge is 0.510 e. The van der Waals surface area contributed by atoms with Crippen LogP contribution in [0.3, 0.4) is 0 Å². The van der Waals surface area contributed by atoms with Crippen LogP contribution in [0.4, 0.5) is 5.69 Å².